The molecule has 40 heavy (non-hydrogen) atoms. The fourth-order valence-corrected chi connectivity index (χ4v) is 6.37. The summed E-state index contributed by atoms with van der Waals surface area (Å²) >= 11 is 0. The molecule has 8 aromatic carbocycles. The molecule has 8 aromatic rings. The quantitative estimate of drug-likeness (QED) is 0.209. The molecule has 0 N–H and O–H groups in total. The van der Waals surface area contributed by atoms with E-state index in [0.717, 1.165) is 0 Å². The molecular formula is C40H26. The Bertz CT molecular complexity index is 2200. The third kappa shape index (κ3) is 3.61. The van der Waals surface area contributed by atoms with Crippen molar-refractivity contribution in [3.63, 3.8) is 0 Å². The highest BCUT2D eigenvalue weighted by Crippen LogP contribution is 2.43. The van der Waals surface area contributed by atoms with Gasteiger partial charge in [-0.25, -0.2) is 0 Å². The van der Waals surface area contributed by atoms with Gasteiger partial charge in [0.25, 0.3) is 0 Å². The average Bonchev–Trinajstić information content (AvgIpc) is 3.04. The fraction of sp³-hybridized carbons (Fsp3) is 0. The van der Waals surface area contributed by atoms with Gasteiger partial charge in [0.05, 0.1) is 0 Å². The number of fused-ring (bicyclic) bond motifs is 6. The van der Waals surface area contributed by atoms with E-state index in [-0.39, 0.29) is 0 Å². The van der Waals surface area contributed by atoms with E-state index < -0.39 is 0 Å². The summed E-state index contributed by atoms with van der Waals surface area (Å²) in [5.74, 6) is 0. The highest BCUT2D eigenvalue weighted by molar-refractivity contribution is 6.16. The Kier molecular flexibility index (Phi) is 5.24. The van der Waals surface area contributed by atoms with E-state index in [2.05, 4.69) is 158 Å². The molecule has 186 valence electrons. The van der Waals surface area contributed by atoms with E-state index >= 15 is 0 Å². The Morgan fingerprint density at radius 3 is 1.32 bits per heavy atom. The van der Waals surface area contributed by atoms with Crippen LogP contribution in [0, 0.1) is 0 Å². The molecular weight excluding hydrogens is 480 g/mol. The molecule has 0 heteroatoms. The van der Waals surface area contributed by atoms with Crippen molar-refractivity contribution in [2.75, 3.05) is 0 Å². The Morgan fingerprint density at radius 2 is 0.700 bits per heavy atom. The molecule has 0 aliphatic carbocycles. The van der Waals surface area contributed by atoms with Crippen molar-refractivity contribution in [2.45, 2.75) is 0 Å². The molecule has 0 aliphatic heterocycles. The van der Waals surface area contributed by atoms with Gasteiger partial charge in [-0.15, -0.1) is 0 Å². The van der Waals surface area contributed by atoms with Crippen molar-refractivity contribution in [3.8, 4) is 33.4 Å². The summed E-state index contributed by atoms with van der Waals surface area (Å²) in [5.41, 5.74) is 7.48. The maximum absolute atomic E-state index is 2.39. The summed E-state index contributed by atoms with van der Waals surface area (Å²) in [5, 5.41) is 10.3. The van der Waals surface area contributed by atoms with Crippen LogP contribution in [0.2, 0.25) is 0 Å². The molecule has 0 saturated heterocycles. The van der Waals surface area contributed by atoms with Gasteiger partial charge < -0.3 is 0 Å². The third-order valence-corrected chi connectivity index (χ3v) is 8.24. The van der Waals surface area contributed by atoms with Crippen LogP contribution in [0.3, 0.4) is 0 Å². The third-order valence-electron chi connectivity index (χ3n) is 8.24. The lowest BCUT2D eigenvalue weighted by Crippen LogP contribution is -1.91. The highest BCUT2D eigenvalue weighted by Gasteiger charge is 2.16. The first-order valence-electron chi connectivity index (χ1n) is 13.9. The summed E-state index contributed by atoms with van der Waals surface area (Å²) in [6, 6.07) is 57.6. The average molecular weight is 507 g/mol. The zero-order chi connectivity index (χ0) is 26.5. The zero-order valence-electron chi connectivity index (χ0n) is 22.0. The van der Waals surface area contributed by atoms with Crippen LogP contribution in [0.5, 0.6) is 0 Å². The summed E-state index contributed by atoms with van der Waals surface area (Å²) in [6.45, 7) is 0. The molecule has 8 rings (SSSR count). The number of benzene rings is 8. The SMILES string of the molecule is c1ccc(-c2cc(-c3cc4ccccc4c4ccccc34)ccc2-c2cc3ccccc3c3ccccc23)cc1. The fourth-order valence-electron chi connectivity index (χ4n) is 6.37. The van der Waals surface area contributed by atoms with E-state index in [0.29, 0.717) is 0 Å². The summed E-state index contributed by atoms with van der Waals surface area (Å²) in [4.78, 5) is 0. The second kappa shape index (κ2) is 9.22. The lowest BCUT2D eigenvalue weighted by atomic mass is 9.86. The standard InChI is InChI=1S/C40H26/c1-2-12-27(13-3-1)38-25-30(39-24-28-14-4-6-16-31(28)33-18-8-10-20-35(33)39)22-23-37(38)40-26-29-15-5-7-17-32(29)34-19-9-11-21-36(34)40/h1-26H. The molecule has 0 atom stereocenters. The van der Waals surface area contributed by atoms with Crippen LogP contribution < -0.4 is 0 Å². The monoisotopic (exact) mass is 506 g/mol. The number of hydrogen-bond acceptors (Lipinski definition) is 0. The highest BCUT2D eigenvalue weighted by atomic mass is 14.2. The van der Waals surface area contributed by atoms with Gasteiger partial charge >= 0.3 is 0 Å². The lowest BCUT2D eigenvalue weighted by Gasteiger charge is -2.17. The molecule has 0 spiro atoms. The van der Waals surface area contributed by atoms with E-state index in [1.54, 1.807) is 0 Å². The van der Waals surface area contributed by atoms with Crippen LogP contribution >= 0.6 is 0 Å². The predicted molar refractivity (Wildman–Crippen MR) is 173 cm³/mol. The smallest absolute Gasteiger partial charge is 0.00928 e. The van der Waals surface area contributed by atoms with Crippen LogP contribution in [-0.2, 0) is 0 Å². The summed E-state index contributed by atoms with van der Waals surface area (Å²) < 4.78 is 0. The summed E-state index contributed by atoms with van der Waals surface area (Å²) in [6.07, 6.45) is 0. The molecule has 0 aromatic heterocycles. The lowest BCUT2D eigenvalue weighted by molar-refractivity contribution is 1.59. The van der Waals surface area contributed by atoms with Gasteiger partial charge in [-0.1, -0.05) is 140 Å². The first kappa shape index (κ1) is 22.8. The Labute approximate surface area is 233 Å². The van der Waals surface area contributed by atoms with Gasteiger partial charge in [0.1, 0.15) is 0 Å². The van der Waals surface area contributed by atoms with E-state index in [1.807, 2.05) is 0 Å². The minimum atomic E-state index is 1.22. The van der Waals surface area contributed by atoms with Crippen LogP contribution in [-0.4, -0.2) is 0 Å². The van der Waals surface area contributed by atoms with E-state index in [4.69, 9.17) is 0 Å². The largest absolute Gasteiger partial charge is 0.0622 e. The van der Waals surface area contributed by atoms with Gasteiger partial charge in [-0.3, -0.25) is 0 Å². The number of rotatable bonds is 3. The normalized spacial score (nSPS) is 11.5. The van der Waals surface area contributed by atoms with Crippen LogP contribution in [0.4, 0.5) is 0 Å². The molecule has 0 saturated carbocycles. The molecule has 0 aliphatic rings. The van der Waals surface area contributed by atoms with Crippen LogP contribution in [0.15, 0.2) is 158 Å². The molecule has 0 amide bonds. The molecule has 0 fully saturated rings. The zero-order valence-corrected chi connectivity index (χ0v) is 22.0. The predicted octanol–water partition coefficient (Wildman–Crippen LogP) is 11.3. The first-order chi connectivity index (χ1) is 19.8. The van der Waals surface area contributed by atoms with Gasteiger partial charge in [0, 0.05) is 0 Å². The molecule has 0 bridgehead atoms. The molecule has 0 radical (unpaired) electrons. The molecule has 0 unspecified atom stereocenters. The maximum Gasteiger partial charge on any atom is -0.00928 e. The van der Waals surface area contributed by atoms with E-state index in [9.17, 15) is 0 Å². The van der Waals surface area contributed by atoms with E-state index in [1.165, 1.54) is 76.5 Å². The second-order valence-electron chi connectivity index (χ2n) is 10.5. The van der Waals surface area contributed by atoms with Gasteiger partial charge in [0.15, 0.2) is 0 Å². The minimum Gasteiger partial charge on any atom is -0.0622 e. The van der Waals surface area contributed by atoms with Crippen LogP contribution in [0.1, 0.15) is 0 Å². The Balaban J connectivity index is 1.44. The van der Waals surface area contributed by atoms with Crippen molar-refractivity contribution in [1.82, 2.24) is 0 Å². The minimum absolute atomic E-state index is 1.22. The van der Waals surface area contributed by atoms with Crippen molar-refractivity contribution in [3.05, 3.63) is 158 Å². The van der Waals surface area contributed by atoms with Crippen molar-refractivity contribution in [2.24, 2.45) is 0 Å². The van der Waals surface area contributed by atoms with Crippen LogP contribution in [0.25, 0.3) is 76.5 Å². The molecule has 0 heterocycles. The van der Waals surface area contributed by atoms with Gasteiger partial charge in [-0.05, 0) is 94.7 Å². The first-order valence-corrected chi connectivity index (χ1v) is 13.9. The maximum atomic E-state index is 2.39. The number of hydrogen-bond donors (Lipinski definition) is 0. The van der Waals surface area contributed by atoms with Crippen molar-refractivity contribution in [1.29, 1.82) is 0 Å². The molecule has 0 nitrogen and oxygen atoms in total. The van der Waals surface area contributed by atoms with Gasteiger partial charge in [-0.2, -0.15) is 0 Å². The van der Waals surface area contributed by atoms with Gasteiger partial charge in [0.2, 0.25) is 0 Å². The van der Waals surface area contributed by atoms with Crippen molar-refractivity contribution < 1.29 is 0 Å². The summed E-state index contributed by atoms with van der Waals surface area (Å²) in [7, 11) is 0. The Hall–Kier alpha value is -5.20. The topological polar surface area (TPSA) is 0 Å². The second-order valence-corrected chi connectivity index (χ2v) is 10.5. The van der Waals surface area contributed by atoms with Crippen molar-refractivity contribution >= 4 is 43.1 Å². The Morgan fingerprint density at radius 1 is 0.225 bits per heavy atom.